The molecule has 4 spiro atoms. The molecule has 2 aromatic rings. The first kappa shape index (κ1) is 51.1. The third-order valence-corrected chi connectivity index (χ3v) is 17.4. The van der Waals surface area contributed by atoms with E-state index in [1.54, 1.807) is 48.5 Å². The monoisotopic (exact) mass is 993 g/mol. The Morgan fingerprint density at radius 1 is 0.542 bits per heavy atom. The molecule has 8 aliphatic carbocycles. The third kappa shape index (κ3) is 10.2. The predicted octanol–water partition coefficient (Wildman–Crippen LogP) is 5.85. The fourth-order valence-electron chi connectivity index (χ4n) is 15.1. The lowest BCUT2D eigenvalue weighted by Crippen LogP contribution is -2.64. The minimum Gasteiger partial charge on any atom is -0.467 e. The summed E-state index contributed by atoms with van der Waals surface area (Å²) >= 11 is 0. The highest BCUT2D eigenvalue weighted by Gasteiger charge is 2.65. The molecule has 16 nitrogen and oxygen atoms in total. The first-order chi connectivity index (χ1) is 34.2. The molecule has 4 amide bonds. The number of nitrogens with one attached hydrogen (secondary N) is 4. The lowest BCUT2D eigenvalue weighted by Gasteiger charge is -2.60. The standard InChI is InChI=1S/C56H72N4O12/c1-31(2)15-43(47(63)69-5)57-45(61)41-19-33-7-11-39(12-8-33)71-51(67)55-25-37-18-38(26-55)28-56(27-37,30-55)52(68)72-40-13-9-34(10-14-40)20-42(46(62)58-44(16-32(3)4)48(64)70-6)60-50(66)54-23-35-17-36(24-54)22-53(21-35,29-54)49(65)59-41/h7-14,31-32,35-38,41-44H,15-30H2,1-6H3,(H,57,61)(H,58,62)(H,59,65)(H,60,66)/t35?,36?,37?,38?,41-,42-,43-,44+,53?,54?,55?,56?/m0/s1. The average molecular weight is 993 g/mol. The molecular formula is C56H72N4O12. The highest BCUT2D eigenvalue weighted by Crippen LogP contribution is 2.67. The van der Waals surface area contributed by atoms with E-state index in [2.05, 4.69) is 21.3 Å². The Hall–Kier alpha value is -5.80. The summed E-state index contributed by atoms with van der Waals surface area (Å²) in [5.41, 5.74) is -2.42. The molecule has 0 aromatic heterocycles. The summed E-state index contributed by atoms with van der Waals surface area (Å²) in [5.74, 6) is -2.73. The fourth-order valence-corrected chi connectivity index (χ4v) is 15.1. The number of esters is 4. The Balaban J connectivity index is 1.07. The van der Waals surface area contributed by atoms with Gasteiger partial charge in [-0.1, -0.05) is 52.0 Å². The van der Waals surface area contributed by atoms with Crippen LogP contribution in [0.5, 0.6) is 11.5 Å². The van der Waals surface area contributed by atoms with E-state index in [-0.39, 0.29) is 78.5 Å². The average Bonchev–Trinajstić information content (AvgIpc) is 3.32. The molecular weight excluding hydrogens is 921 g/mol. The third-order valence-electron chi connectivity index (χ3n) is 17.4. The van der Waals surface area contributed by atoms with Gasteiger partial charge in [0.1, 0.15) is 35.7 Å². The highest BCUT2D eigenvalue weighted by atomic mass is 16.5. The predicted molar refractivity (Wildman–Crippen MR) is 261 cm³/mol. The molecule has 8 atom stereocenters. The van der Waals surface area contributed by atoms with E-state index in [1.807, 2.05) is 27.7 Å². The van der Waals surface area contributed by atoms with E-state index in [0.29, 0.717) is 93.3 Å². The van der Waals surface area contributed by atoms with E-state index < -0.39 is 69.6 Å². The van der Waals surface area contributed by atoms with Crippen LogP contribution in [0.3, 0.4) is 0 Å². The van der Waals surface area contributed by atoms with Crippen molar-refractivity contribution in [3.05, 3.63) is 59.7 Å². The zero-order valence-corrected chi connectivity index (χ0v) is 42.6. The first-order valence-corrected chi connectivity index (χ1v) is 26.2. The molecule has 388 valence electrons. The van der Waals surface area contributed by atoms with Gasteiger partial charge < -0.3 is 40.2 Å². The van der Waals surface area contributed by atoms with Gasteiger partial charge in [-0.05, 0) is 161 Å². The summed E-state index contributed by atoms with van der Waals surface area (Å²) in [5, 5.41) is 12.0. The van der Waals surface area contributed by atoms with Crippen LogP contribution in [-0.2, 0) is 60.7 Å². The number of methoxy groups -OCH3 is 2. The summed E-state index contributed by atoms with van der Waals surface area (Å²) in [6.45, 7) is 7.72. The van der Waals surface area contributed by atoms with Crippen LogP contribution in [0.1, 0.15) is 129 Å². The lowest BCUT2D eigenvalue weighted by atomic mass is 9.43. The van der Waals surface area contributed by atoms with Crippen LogP contribution in [0.4, 0.5) is 0 Å². The molecule has 0 saturated heterocycles. The molecule has 4 unspecified atom stereocenters. The Labute approximate surface area is 421 Å². The van der Waals surface area contributed by atoms with E-state index in [9.17, 15) is 28.8 Å². The van der Waals surface area contributed by atoms with Gasteiger partial charge in [-0.15, -0.1) is 0 Å². The second kappa shape index (κ2) is 19.9. The van der Waals surface area contributed by atoms with Gasteiger partial charge in [-0.2, -0.15) is 0 Å². The van der Waals surface area contributed by atoms with Crippen LogP contribution in [-0.4, -0.2) is 85.9 Å². The molecule has 8 saturated carbocycles. The van der Waals surface area contributed by atoms with E-state index in [1.165, 1.54) is 14.2 Å². The van der Waals surface area contributed by atoms with Crippen molar-refractivity contribution in [1.82, 2.24) is 21.3 Å². The Morgan fingerprint density at radius 3 is 1.18 bits per heavy atom. The second-order valence-electron chi connectivity index (χ2n) is 24.0. The molecule has 12 aliphatic rings. The van der Waals surface area contributed by atoms with Gasteiger partial charge in [0, 0.05) is 12.8 Å². The normalized spacial score (nSPS) is 33.6. The molecule has 2 aromatic carbocycles. The topological polar surface area (TPSA) is 222 Å². The molecule has 72 heavy (non-hydrogen) atoms. The largest absolute Gasteiger partial charge is 0.467 e. The SMILES string of the molecule is COC(=O)[C@H](CC(C)C)NC(=O)[C@@H]1Cc2ccc(cc2)OC(=O)C23CC4CC(C2)CC(C4)(C3)C(=O)Oc2ccc(cc2)C[C@@H](C(=O)N[C@H](CC(C)C)C(=O)OC)NC(=O)C23CC4CC(CC(C4)(C2)C(=O)N1)C3. The van der Waals surface area contributed by atoms with Crippen LogP contribution in [0.25, 0.3) is 0 Å². The minimum absolute atomic E-state index is 0.0298. The van der Waals surface area contributed by atoms with Crippen molar-refractivity contribution in [2.75, 3.05) is 14.2 Å². The number of amides is 4. The van der Waals surface area contributed by atoms with Gasteiger partial charge >= 0.3 is 23.9 Å². The summed E-state index contributed by atoms with van der Waals surface area (Å²) < 4.78 is 22.4. The summed E-state index contributed by atoms with van der Waals surface area (Å²) in [6.07, 6.45) is 7.57. The van der Waals surface area contributed by atoms with Crippen molar-refractivity contribution in [2.45, 2.75) is 155 Å². The zero-order chi connectivity index (χ0) is 51.3. The van der Waals surface area contributed by atoms with Crippen molar-refractivity contribution >= 4 is 47.5 Å². The van der Waals surface area contributed by atoms with Gasteiger partial charge in [0.25, 0.3) is 0 Å². The maximum absolute atomic E-state index is 15.1. The van der Waals surface area contributed by atoms with Crippen LogP contribution < -0.4 is 30.7 Å². The van der Waals surface area contributed by atoms with Crippen molar-refractivity contribution in [3.63, 3.8) is 0 Å². The summed E-state index contributed by atoms with van der Waals surface area (Å²) in [7, 11) is 2.52. The number of hydrogen-bond donors (Lipinski definition) is 4. The van der Waals surface area contributed by atoms with Crippen molar-refractivity contribution in [3.8, 4) is 11.5 Å². The smallest absolute Gasteiger partial charge is 0.328 e. The second-order valence-corrected chi connectivity index (χ2v) is 24.0. The number of ether oxygens (including phenoxy) is 4. The van der Waals surface area contributed by atoms with E-state index >= 15 is 9.59 Å². The van der Waals surface area contributed by atoms with Gasteiger partial charge in [0.15, 0.2) is 0 Å². The minimum atomic E-state index is -1.14. The summed E-state index contributed by atoms with van der Waals surface area (Å²) in [4.78, 5) is 114. The molecule has 4 N–H and O–H groups in total. The quantitative estimate of drug-likeness (QED) is 0.163. The summed E-state index contributed by atoms with van der Waals surface area (Å²) in [6, 6.07) is 9.49. The number of rotatable bonds is 10. The Morgan fingerprint density at radius 2 is 0.861 bits per heavy atom. The van der Waals surface area contributed by atoms with Crippen molar-refractivity contribution < 1.29 is 57.3 Å². The first-order valence-electron chi connectivity index (χ1n) is 26.2. The van der Waals surface area contributed by atoms with Gasteiger partial charge in [0.05, 0.1) is 35.9 Å². The van der Waals surface area contributed by atoms with Crippen molar-refractivity contribution in [1.29, 1.82) is 0 Å². The molecule has 12 bridgehead atoms. The van der Waals surface area contributed by atoms with E-state index in [0.717, 1.165) is 12.8 Å². The number of benzene rings is 2. The van der Waals surface area contributed by atoms with Gasteiger partial charge in [-0.3, -0.25) is 28.8 Å². The van der Waals surface area contributed by atoms with Crippen LogP contribution in [0.2, 0.25) is 0 Å². The Kier molecular flexibility index (Phi) is 14.1. The molecule has 16 heteroatoms. The zero-order valence-electron chi connectivity index (χ0n) is 42.6. The maximum atomic E-state index is 15.1. The number of hydrogen-bond acceptors (Lipinski definition) is 12. The highest BCUT2D eigenvalue weighted by molar-refractivity contribution is 5.95. The molecule has 0 radical (unpaired) electrons. The molecule has 14 rings (SSSR count). The van der Waals surface area contributed by atoms with Crippen LogP contribution >= 0.6 is 0 Å². The number of carbonyl (C=O) groups excluding carboxylic acids is 8. The number of carbonyl (C=O) groups is 8. The van der Waals surface area contributed by atoms with Gasteiger partial charge in [-0.25, -0.2) is 9.59 Å². The van der Waals surface area contributed by atoms with Crippen LogP contribution in [0, 0.1) is 57.2 Å². The van der Waals surface area contributed by atoms with Gasteiger partial charge in [0.2, 0.25) is 23.6 Å². The van der Waals surface area contributed by atoms with E-state index in [4.69, 9.17) is 18.9 Å². The van der Waals surface area contributed by atoms with Crippen molar-refractivity contribution in [2.24, 2.45) is 57.2 Å². The fraction of sp³-hybridized carbons (Fsp3) is 0.643. The lowest BCUT2D eigenvalue weighted by molar-refractivity contribution is -0.183. The molecule has 4 aliphatic heterocycles. The Bertz CT molecular complexity index is 2280. The molecule has 4 heterocycles. The maximum Gasteiger partial charge on any atom is 0.328 e. The molecule has 8 fully saturated rings. The van der Waals surface area contributed by atoms with Crippen LogP contribution in [0.15, 0.2) is 48.5 Å².